The monoisotopic (exact) mass is 523 g/mol. The molecular formula is C21H19Cl2N5OS3. The number of halogens is 2. The molecule has 2 aromatic carbocycles. The smallest absolute Gasteiger partial charge is 0.236 e. The summed E-state index contributed by atoms with van der Waals surface area (Å²) in [6, 6.07) is 13.3. The summed E-state index contributed by atoms with van der Waals surface area (Å²) in [6.45, 7) is 2.77. The van der Waals surface area contributed by atoms with E-state index in [4.69, 9.17) is 23.2 Å². The van der Waals surface area contributed by atoms with Crippen LogP contribution in [-0.4, -0.2) is 31.4 Å². The van der Waals surface area contributed by atoms with Gasteiger partial charge in [0.2, 0.25) is 5.91 Å². The van der Waals surface area contributed by atoms with Gasteiger partial charge in [0.1, 0.15) is 5.82 Å². The number of hydrogen-bond donors (Lipinski definition) is 1. The van der Waals surface area contributed by atoms with Gasteiger partial charge in [-0.3, -0.25) is 4.79 Å². The zero-order valence-electron chi connectivity index (χ0n) is 17.0. The van der Waals surface area contributed by atoms with Crippen molar-refractivity contribution >= 4 is 79.3 Å². The van der Waals surface area contributed by atoms with Gasteiger partial charge in [-0.05, 0) is 36.8 Å². The Morgan fingerprint density at radius 1 is 1.16 bits per heavy atom. The summed E-state index contributed by atoms with van der Waals surface area (Å²) in [4.78, 5) is 16.8. The van der Waals surface area contributed by atoms with Crippen LogP contribution < -0.4 is 5.32 Å². The van der Waals surface area contributed by atoms with Crippen LogP contribution >= 0.6 is 58.1 Å². The molecule has 166 valence electrons. The Bertz CT molecular complexity index is 1210. The molecule has 0 radical (unpaired) electrons. The van der Waals surface area contributed by atoms with Gasteiger partial charge in [-0.2, -0.15) is 0 Å². The van der Waals surface area contributed by atoms with Crippen LogP contribution in [0.5, 0.6) is 0 Å². The highest BCUT2D eigenvalue weighted by molar-refractivity contribution is 7.99. The molecule has 2 heterocycles. The molecule has 1 amide bonds. The number of para-hydroxylation sites is 1. The zero-order valence-corrected chi connectivity index (χ0v) is 21.0. The Balaban J connectivity index is 1.31. The quantitative estimate of drug-likeness (QED) is 0.256. The highest BCUT2D eigenvalue weighted by atomic mass is 35.5. The van der Waals surface area contributed by atoms with E-state index in [9.17, 15) is 4.79 Å². The van der Waals surface area contributed by atoms with Gasteiger partial charge in [-0.15, -0.1) is 22.0 Å². The highest BCUT2D eigenvalue weighted by Gasteiger charge is 2.14. The third kappa shape index (κ3) is 5.77. The van der Waals surface area contributed by atoms with E-state index in [1.165, 1.54) is 23.1 Å². The Kier molecular flexibility index (Phi) is 7.96. The number of nitrogens with one attached hydrogen (secondary N) is 1. The number of carbonyl (C=O) groups is 1. The van der Waals surface area contributed by atoms with Gasteiger partial charge < -0.3 is 9.88 Å². The molecule has 32 heavy (non-hydrogen) atoms. The molecule has 4 aromatic rings. The summed E-state index contributed by atoms with van der Waals surface area (Å²) in [5.41, 5.74) is 1.91. The number of fused-ring (bicyclic) bond motifs is 1. The van der Waals surface area contributed by atoms with Crippen molar-refractivity contribution in [2.24, 2.45) is 0 Å². The minimum Gasteiger partial charge on any atom is -0.306 e. The third-order valence-corrected chi connectivity index (χ3v) is 7.97. The fraction of sp³-hybridized carbons (Fsp3) is 0.238. The number of rotatable bonds is 9. The molecule has 0 atom stereocenters. The first-order valence-corrected chi connectivity index (χ1v) is 13.5. The van der Waals surface area contributed by atoms with Gasteiger partial charge in [0, 0.05) is 22.3 Å². The van der Waals surface area contributed by atoms with Gasteiger partial charge in [0.05, 0.1) is 21.7 Å². The topological polar surface area (TPSA) is 72.7 Å². The summed E-state index contributed by atoms with van der Waals surface area (Å²) < 4.78 is 3.08. The van der Waals surface area contributed by atoms with Crippen LogP contribution in [0.4, 0.5) is 5.13 Å². The van der Waals surface area contributed by atoms with Gasteiger partial charge >= 0.3 is 0 Å². The highest BCUT2D eigenvalue weighted by Crippen LogP contribution is 2.28. The van der Waals surface area contributed by atoms with Crippen LogP contribution in [0.25, 0.3) is 10.2 Å². The lowest BCUT2D eigenvalue weighted by molar-refractivity contribution is -0.113. The molecule has 0 spiro atoms. The van der Waals surface area contributed by atoms with E-state index in [1.807, 2.05) is 47.9 Å². The van der Waals surface area contributed by atoms with E-state index in [-0.39, 0.29) is 11.7 Å². The number of anilines is 1. The Morgan fingerprint density at radius 2 is 2.00 bits per heavy atom. The van der Waals surface area contributed by atoms with E-state index in [0.717, 1.165) is 39.1 Å². The molecule has 0 saturated carbocycles. The van der Waals surface area contributed by atoms with Gasteiger partial charge in [-0.1, -0.05) is 64.5 Å². The molecular weight excluding hydrogens is 505 g/mol. The first-order chi connectivity index (χ1) is 15.5. The van der Waals surface area contributed by atoms with Crippen LogP contribution in [-0.2, 0) is 22.8 Å². The van der Waals surface area contributed by atoms with Crippen LogP contribution in [0.15, 0.2) is 47.6 Å². The van der Waals surface area contributed by atoms with Crippen LogP contribution in [0.2, 0.25) is 10.0 Å². The summed E-state index contributed by atoms with van der Waals surface area (Å²) in [5.74, 6) is 2.43. The fourth-order valence-electron chi connectivity index (χ4n) is 2.95. The fourth-order valence-corrected chi connectivity index (χ4v) is 6.18. The predicted molar refractivity (Wildman–Crippen MR) is 136 cm³/mol. The Hall–Kier alpha value is -1.78. The summed E-state index contributed by atoms with van der Waals surface area (Å²) >= 11 is 16.7. The second kappa shape index (κ2) is 10.9. The molecule has 0 aliphatic heterocycles. The normalized spacial score (nSPS) is 11.2. The van der Waals surface area contributed by atoms with Crippen molar-refractivity contribution in [3.8, 4) is 0 Å². The standard InChI is InChI=1S/C21H19Cl2N5OS3/c1-2-28-18(11-30-10-13-7-8-14(22)9-15(13)23)26-27-21(28)31-12-19(29)25-20-24-16-5-3-4-6-17(16)32-20/h3-9H,2,10-12H2,1H3,(H,24,25,29). The van der Waals surface area contributed by atoms with Gasteiger partial charge in [-0.25, -0.2) is 4.98 Å². The molecule has 0 aliphatic rings. The van der Waals surface area contributed by atoms with E-state index in [0.29, 0.717) is 20.9 Å². The Labute approximate surface area is 208 Å². The van der Waals surface area contributed by atoms with Crippen LogP contribution in [0.1, 0.15) is 18.3 Å². The summed E-state index contributed by atoms with van der Waals surface area (Å²) in [5, 5.41) is 14.1. The summed E-state index contributed by atoms with van der Waals surface area (Å²) in [7, 11) is 0. The van der Waals surface area contributed by atoms with Crippen molar-refractivity contribution in [2.45, 2.75) is 30.1 Å². The number of amides is 1. The maximum Gasteiger partial charge on any atom is 0.236 e. The lowest BCUT2D eigenvalue weighted by Crippen LogP contribution is -2.14. The molecule has 11 heteroatoms. The molecule has 0 aliphatic carbocycles. The molecule has 1 N–H and O–H groups in total. The minimum atomic E-state index is -0.118. The number of thiazole rings is 1. The largest absolute Gasteiger partial charge is 0.306 e. The zero-order chi connectivity index (χ0) is 22.5. The van der Waals surface area contributed by atoms with E-state index < -0.39 is 0 Å². The molecule has 0 unspecified atom stereocenters. The third-order valence-electron chi connectivity index (χ3n) is 4.49. The molecule has 6 nitrogen and oxygen atoms in total. The van der Waals surface area contributed by atoms with Crippen molar-refractivity contribution in [3.05, 3.63) is 63.9 Å². The van der Waals surface area contributed by atoms with Crippen molar-refractivity contribution < 1.29 is 4.79 Å². The average molecular weight is 525 g/mol. The number of hydrogen-bond acceptors (Lipinski definition) is 7. The second-order valence-electron chi connectivity index (χ2n) is 6.70. The lowest BCUT2D eigenvalue weighted by atomic mass is 10.2. The number of carbonyl (C=O) groups excluding carboxylic acids is 1. The molecule has 0 fully saturated rings. The first-order valence-electron chi connectivity index (χ1n) is 9.75. The number of nitrogens with zero attached hydrogens (tertiary/aromatic N) is 4. The Morgan fingerprint density at radius 3 is 2.78 bits per heavy atom. The van der Waals surface area contributed by atoms with Crippen molar-refractivity contribution in [2.75, 3.05) is 11.1 Å². The number of benzene rings is 2. The maximum atomic E-state index is 12.4. The SMILES string of the molecule is CCn1c(CSCc2ccc(Cl)cc2Cl)nnc1SCC(=O)Nc1nc2ccccc2s1. The number of thioether (sulfide) groups is 2. The van der Waals surface area contributed by atoms with Crippen molar-refractivity contribution in [3.63, 3.8) is 0 Å². The van der Waals surface area contributed by atoms with Crippen LogP contribution in [0.3, 0.4) is 0 Å². The second-order valence-corrected chi connectivity index (χ2v) is 10.5. The van der Waals surface area contributed by atoms with E-state index in [2.05, 4.69) is 20.5 Å². The molecule has 4 rings (SSSR count). The lowest BCUT2D eigenvalue weighted by Gasteiger charge is -2.08. The van der Waals surface area contributed by atoms with Crippen molar-refractivity contribution in [1.82, 2.24) is 19.7 Å². The minimum absolute atomic E-state index is 0.118. The van der Waals surface area contributed by atoms with Gasteiger partial charge in [0.25, 0.3) is 0 Å². The molecule has 2 aromatic heterocycles. The predicted octanol–water partition coefficient (Wildman–Crippen LogP) is 6.38. The van der Waals surface area contributed by atoms with Gasteiger partial charge in [0.15, 0.2) is 10.3 Å². The molecule has 0 bridgehead atoms. The van der Waals surface area contributed by atoms with E-state index >= 15 is 0 Å². The first kappa shape index (κ1) is 23.4. The van der Waals surface area contributed by atoms with Crippen molar-refractivity contribution in [1.29, 1.82) is 0 Å². The van der Waals surface area contributed by atoms with Crippen LogP contribution in [0, 0.1) is 0 Å². The van der Waals surface area contributed by atoms with E-state index in [1.54, 1.807) is 17.8 Å². The maximum absolute atomic E-state index is 12.4. The number of aromatic nitrogens is 4. The average Bonchev–Trinajstić information content (AvgIpc) is 3.36. The summed E-state index contributed by atoms with van der Waals surface area (Å²) in [6.07, 6.45) is 0. The molecule has 0 saturated heterocycles.